The fraction of sp³-hybridized carbons (Fsp3) is 0.231. The van der Waals surface area contributed by atoms with Gasteiger partial charge in [-0.05, 0) is 40.5 Å². The van der Waals surface area contributed by atoms with Gasteiger partial charge in [0.2, 0.25) is 0 Å². The molecule has 0 atom stereocenters. The average molecular weight is 326 g/mol. The Morgan fingerprint density at radius 3 is 2.58 bits per heavy atom. The van der Waals surface area contributed by atoms with Crippen LogP contribution < -0.4 is 5.32 Å². The zero-order valence-electron chi connectivity index (χ0n) is 10.6. The molecule has 1 aromatic carbocycles. The number of carbonyl (C=O) groups is 1. The van der Waals surface area contributed by atoms with E-state index in [0.29, 0.717) is 16.7 Å². The van der Waals surface area contributed by atoms with Crippen molar-refractivity contribution < 1.29 is 9.18 Å². The molecule has 0 aliphatic heterocycles. The first-order valence-corrected chi connectivity index (χ1v) is 6.50. The van der Waals surface area contributed by atoms with Crippen molar-refractivity contribution in [1.82, 2.24) is 15.1 Å². The van der Waals surface area contributed by atoms with Crippen molar-refractivity contribution in [3.63, 3.8) is 0 Å². The zero-order chi connectivity index (χ0) is 14.0. The average Bonchev–Trinajstić information content (AvgIpc) is 2.62. The lowest BCUT2D eigenvalue weighted by atomic mass is 10.2. The van der Waals surface area contributed by atoms with Crippen LogP contribution in [0.2, 0.25) is 0 Å². The van der Waals surface area contributed by atoms with Crippen LogP contribution >= 0.6 is 15.9 Å². The number of rotatable bonds is 3. The Kier molecular flexibility index (Phi) is 3.99. The Hall–Kier alpha value is -1.69. The Balaban J connectivity index is 2.07. The van der Waals surface area contributed by atoms with Crippen molar-refractivity contribution in [1.29, 1.82) is 0 Å². The minimum atomic E-state index is -0.292. The summed E-state index contributed by atoms with van der Waals surface area (Å²) in [4.78, 5) is 12.1. The first-order valence-electron chi connectivity index (χ1n) is 5.70. The second kappa shape index (κ2) is 5.52. The number of nitrogens with one attached hydrogen (secondary N) is 1. The number of aromatic nitrogens is 2. The van der Waals surface area contributed by atoms with Gasteiger partial charge >= 0.3 is 0 Å². The zero-order valence-corrected chi connectivity index (χ0v) is 12.2. The number of nitrogens with zero attached hydrogens (tertiary/aromatic N) is 2. The Labute approximate surface area is 118 Å². The summed E-state index contributed by atoms with van der Waals surface area (Å²) in [5.41, 5.74) is 2.07. The molecule has 1 N–H and O–H groups in total. The van der Waals surface area contributed by atoms with Gasteiger partial charge < -0.3 is 5.32 Å². The third-order valence-electron chi connectivity index (χ3n) is 2.73. The Morgan fingerprint density at radius 2 is 2.05 bits per heavy atom. The molecule has 1 amide bonds. The molecule has 2 aromatic rings. The number of hydrogen-bond donors (Lipinski definition) is 1. The molecule has 6 heteroatoms. The first-order chi connectivity index (χ1) is 8.99. The van der Waals surface area contributed by atoms with Gasteiger partial charge in [-0.1, -0.05) is 12.1 Å². The van der Waals surface area contributed by atoms with Gasteiger partial charge in [-0.15, -0.1) is 0 Å². The minimum absolute atomic E-state index is 0.223. The van der Waals surface area contributed by atoms with Crippen LogP contribution in [0.3, 0.4) is 0 Å². The SMILES string of the molecule is Cc1nn(C)c(C(=O)NCc2ccc(F)cc2)c1Br. The van der Waals surface area contributed by atoms with Crippen LogP contribution in [0, 0.1) is 12.7 Å². The van der Waals surface area contributed by atoms with E-state index in [2.05, 4.69) is 26.3 Å². The number of amides is 1. The molecule has 0 unspecified atom stereocenters. The van der Waals surface area contributed by atoms with E-state index in [9.17, 15) is 9.18 Å². The van der Waals surface area contributed by atoms with Gasteiger partial charge in [0.05, 0.1) is 10.2 Å². The van der Waals surface area contributed by atoms with E-state index in [-0.39, 0.29) is 11.7 Å². The lowest BCUT2D eigenvalue weighted by Crippen LogP contribution is -2.25. The molecule has 19 heavy (non-hydrogen) atoms. The summed E-state index contributed by atoms with van der Waals surface area (Å²) in [6.07, 6.45) is 0. The van der Waals surface area contributed by atoms with Crippen molar-refractivity contribution in [2.24, 2.45) is 7.05 Å². The summed E-state index contributed by atoms with van der Waals surface area (Å²) >= 11 is 3.34. The normalized spacial score (nSPS) is 10.5. The molecule has 0 spiro atoms. The molecule has 0 aliphatic rings. The molecule has 0 aliphatic carbocycles. The van der Waals surface area contributed by atoms with Crippen LogP contribution in [0.15, 0.2) is 28.7 Å². The molecule has 0 saturated heterocycles. The van der Waals surface area contributed by atoms with Crippen LogP contribution in [-0.2, 0) is 13.6 Å². The summed E-state index contributed by atoms with van der Waals surface area (Å²) in [6.45, 7) is 2.16. The van der Waals surface area contributed by atoms with Crippen molar-refractivity contribution in [3.05, 3.63) is 51.5 Å². The van der Waals surface area contributed by atoms with Crippen LogP contribution in [-0.4, -0.2) is 15.7 Å². The van der Waals surface area contributed by atoms with Gasteiger partial charge in [0.15, 0.2) is 0 Å². The van der Waals surface area contributed by atoms with Gasteiger partial charge in [0.1, 0.15) is 11.5 Å². The van der Waals surface area contributed by atoms with Crippen molar-refractivity contribution >= 4 is 21.8 Å². The number of benzene rings is 1. The van der Waals surface area contributed by atoms with E-state index >= 15 is 0 Å². The summed E-state index contributed by atoms with van der Waals surface area (Å²) in [6, 6.07) is 6.01. The highest BCUT2D eigenvalue weighted by molar-refractivity contribution is 9.10. The van der Waals surface area contributed by atoms with E-state index in [1.54, 1.807) is 19.2 Å². The van der Waals surface area contributed by atoms with Crippen LogP contribution in [0.25, 0.3) is 0 Å². The van der Waals surface area contributed by atoms with Gasteiger partial charge in [-0.3, -0.25) is 9.48 Å². The van der Waals surface area contributed by atoms with Gasteiger partial charge in [0.25, 0.3) is 5.91 Å². The van der Waals surface area contributed by atoms with E-state index < -0.39 is 0 Å². The number of aryl methyl sites for hydroxylation is 2. The maximum absolute atomic E-state index is 12.8. The molecule has 1 heterocycles. The summed E-state index contributed by atoms with van der Waals surface area (Å²) < 4.78 is 15.0. The number of halogens is 2. The highest BCUT2D eigenvalue weighted by Gasteiger charge is 2.17. The third kappa shape index (κ3) is 3.01. The first kappa shape index (κ1) is 13.7. The van der Waals surface area contributed by atoms with E-state index in [0.717, 1.165) is 11.3 Å². The fourth-order valence-corrected chi connectivity index (χ4v) is 2.26. The molecule has 0 radical (unpaired) electrons. The molecule has 0 saturated carbocycles. The second-order valence-electron chi connectivity index (χ2n) is 4.18. The fourth-order valence-electron chi connectivity index (χ4n) is 1.75. The lowest BCUT2D eigenvalue weighted by molar-refractivity contribution is 0.0940. The van der Waals surface area contributed by atoms with Crippen LogP contribution in [0.5, 0.6) is 0 Å². The van der Waals surface area contributed by atoms with Gasteiger partial charge in [-0.2, -0.15) is 5.10 Å². The molecule has 100 valence electrons. The predicted octanol–water partition coefficient (Wildman–Crippen LogP) is 2.56. The molecule has 4 nitrogen and oxygen atoms in total. The largest absolute Gasteiger partial charge is 0.347 e. The molecule has 0 fully saturated rings. The van der Waals surface area contributed by atoms with Crippen molar-refractivity contribution in [3.8, 4) is 0 Å². The summed E-state index contributed by atoms with van der Waals surface area (Å²) in [7, 11) is 1.71. The predicted molar refractivity (Wildman–Crippen MR) is 73.2 cm³/mol. The topological polar surface area (TPSA) is 46.9 Å². The minimum Gasteiger partial charge on any atom is -0.347 e. The number of carbonyl (C=O) groups excluding carboxylic acids is 1. The van der Waals surface area contributed by atoms with E-state index in [1.165, 1.54) is 16.8 Å². The Bertz CT molecular complexity index is 607. The smallest absolute Gasteiger partial charge is 0.270 e. The third-order valence-corrected chi connectivity index (χ3v) is 3.68. The van der Waals surface area contributed by atoms with Crippen LogP contribution in [0.1, 0.15) is 21.7 Å². The molecule has 0 bridgehead atoms. The Morgan fingerprint density at radius 1 is 1.42 bits per heavy atom. The molecular weight excluding hydrogens is 313 g/mol. The maximum atomic E-state index is 12.8. The quantitative estimate of drug-likeness (QED) is 0.942. The van der Waals surface area contributed by atoms with Crippen molar-refractivity contribution in [2.75, 3.05) is 0 Å². The maximum Gasteiger partial charge on any atom is 0.270 e. The monoisotopic (exact) mass is 325 g/mol. The molecule has 2 rings (SSSR count). The molecular formula is C13H13BrFN3O. The standard InChI is InChI=1S/C13H13BrFN3O/c1-8-11(14)12(18(2)17-8)13(19)16-7-9-3-5-10(15)6-4-9/h3-6H,7H2,1-2H3,(H,16,19). The highest BCUT2D eigenvalue weighted by atomic mass is 79.9. The summed E-state index contributed by atoms with van der Waals surface area (Å²) in [5.74, 6) is -0.514. The van der Waals surface area contributed by atoms with Crippen LogP contribution in [0.4, 0.5) is 4.39 Å². The highest BCUT2D eigenvalue weighted by Crippen LogP contribution is 2.20. The van der Waals surface area contributed by atoms with E-state index in [1.807, 2.05) is 6.92 Å². The molecule has 1 aromatic heterocycles. The van der Waals surface area contributed by atoms with Crippen molar-refractivity contribution in [2.45, 2.75) is 13.5 Å². The van der Waals surface area contributed by atoms with Gasteiger partial charge in [-0.25, -0.2) is 4.39 Å². The summed E-state index contributed by atoms with van der Waals surface area (Å²) in [5, 5.41) is 6.94. The van der Waals surface area contributed by atoms with Gasteiger partial charge in [0, 0.05) is 13.6 Å². The van der Waals surface area contributed by atoms with E-state index in [4.69, 9.17) is 0 Å². The lowest BCUT2D eigenvalue weighted by Gasteiger charge is -2.06. The number of hydrogen-bond acceptors (Lipinski definition) is 2. The second-order valence-corrected chi connectivity index (χ2v) is 4.97.